The van der Waals surface area contributed by atoms with E-state index >= 15 is 0 Å². The molecule has 2 aromatic rings. The van der Waals surface area contributed by atoms with Crippen LogP contribution in [0.2, 0.25) is 5.02 Å². The number of halogens is 1. The van der Waals surface area contributed by atoms with Gasteiger partial charge in [-0.05, 0) is 34.9 Å². The van der Waals surface area contributed by atoms with Crippen molar-refractivity contribution in [2.24, 2.45) is 5.73 Å². The Morgan fingerprint density at radius 1 is 1.29 bits per heavy atom. The fourth-order valence-electron chi connectivity index (χ4n) is 1.62. The smallest absolute Gasteiger partial charge is 0.0661 e. The summed E-state index contributed by atoms with van der Waals surface area (Å²) in [5.74, 6) is 1.09. The Morgan fingerprint density at radius 2 is 2.00 bits per heavy atom. The fraction of sp³-hybridized carbons (Fsp3) is 0.231. The lowest BCUT2D eigenvalue weighted by atomic mass is 10.1. The van der Waals surface area contributed by atoms with E-state index in [9.17, 15) is 0 Å². The first kappa shape index (κ1) is 13.0. The molecule has 2 N–H and O–H groups in total. The molecule has 2 rings (SSSR count). The van der Waals surface area contributed by atoms with E-state index in [1.54, 1.807) is 11.3 Å². The third-order valence-electron chi connectivity index (χ3n) is 2.48. The molecule has 0 radical (unpaired) electrons. The van der Waals surface area contributed by atoms with Gasteiger partial charge in [-0.25, -0.2) is 0 Å². The number of benzene rings is 1. The zero-order valence-electron chi connectivity index (χ0n) is 9.52. The molecule has 1 aromatic heterocycles. The molecule has 0 spiro atoms. The topological polar surface area (TPSA) is 26.0 Å². The fourth-order valence-corrected chi connectivity index (χ4v) is 3.48. The normalized spacial score (nSPS) is 12.6. The van der Waals surface area contributed by atoms with Crippen LogP contribution in [0.1, 0.15) is 23.4 Å². The predicted molar refractivity (Wildman–Crippen MR) is 78.2 cm³/mol. The van der Waals surface area contributed by atoms with Crippen LogP contribution < -0.4 is 5.73 Å². The van der Waals surface area contributed by atoms with Gasteiger partial charge in [0.15, 0.2) is 0 Å². The quantitative estimate of drug-likeness (QED) is 0.833. The van der Waals surface area contributed by atoms with Crippen LogP contribution in [0, 0.1) is 0 Å². The number of nitrogens with two attached hydrogens (primary N) is 1. The third kappa shape index (κ3) is 3.05. The molecule has 4 heteroatoms. The molecular formula is C13H14ClNS2. The van der Waals surface area contributed by atoms with E-state index in [2.05, 4.69) is 31.2 Å². The summed E-state index contributed by atoms with van der Waals surface area (Å²) in [7, 11) is 0. The van der Waals surface area contributed by atoms with Crippen molar-refractivity contribution in [3.05, 3.63) is 51.2 Å². The predicted octanol–water partition coefficient (Wildman–Crippen LogP) is 4.56. The van der Waals surface area contributed by atoms with Crippen molar-refractivity contribution in [2.75, 3.05) is 5.75 Å². The van der Waals surface area contributed by atoms with Crippen molar-refractivity contribution >= 4 is 34.7 Å². The van der Waals surface area contributed by atoms with Gasteiger partial charge in [0.05, 0.1) is 11.1 Å². The van der Waals surface area contributed by atoms with Gasteiger partial charge in [0.2, 0.25) is 0 Å². The standard InChI is InChI=1S/C13H14ClNS2/c1-2-16-10-5-3-9(4-6-10)12(15)13-11(14)7-8-17-13/h3-8,12H,2,15H2,1H3. The lowest BCUT2D eigenvalue weighted by molar-refractivity contribution is 0.891. The van der Waals surface area contributed by atoms with Gasteiger partial charge in [-0.3, -0.25) is 0 Å². The van der Waals surface area contributed by atoms with Gasteiger partial charge >= 0.3 is 0 Å². The van der Waals surface area contributed by atoms with Crippen LogP contribution >= 0.6 is 34.7 Å². The minimum atomic E-state index is -0.122. The summed E-state index contributed by atoms with van der Waals surface area (Å²) in [6.45, 7) is 2.15. The van der Waals surface area contributed by atoms with Crippen LogP contribution in [0.5, 0.6) is 0 Å². The molecule has 0 fully saturated rings. The Kier molecular flexibility index (Phi) is 4.51. The van der Waals surface area contributed by atoms with Gasteiger partial charge in [0, 0.05) is 9.77 Å². The van der Waals surface area contributed by atoms with E-state index in [0.717, 1.165) is 21.2 Å². The zero-order valence-corrected chi connectivity index (χ0v) is 11.9. The molecule has 0 aliphatic heterocycles. The first-order chi connectivity index (χ1) is 8.22. The SMILES string of the molecule is CCSc1ccc(C(N)c2sccc2Cl)cc1. The van der Waals surface area contributed by atoms with Crippen molar-refractivity contribution in [2.45, 2.75) is 17.9 Å². The van der Waals surface area contributed by atoms with Crippen LogP contribution in [-0.2, 0) is 0 Å². The minimum Gasteiger partial charge on any atom is -0.320 e. The van der Waals surface area contributed by atoms with Crippen LogP contribution in [-0.4, -0.2) is 5.75 Å². The highest BCUT2D eigenvalue weighted by molar-refractivity contribution is 7.99. The number of hydrogen-bond donors (Lipinski definition) is 1. The molecule has 1 aromatic carbocycles. The molecule has 0 bridgehead atoms. The maximum atomic E-state index is 6.20. The monoisotopic (exact) mass is 283 g/mol. The van der Waals surface area contributed by atoms with Gasteiger partial charge in [-0.2, -0.15) is 0 Å². The van der Waals surface area contributed by atoms with Crippen molar-refractivity contribution in [3.63, 3.8) is 0 Å². The van der Waals surface area contributed by atoms with Crippen molar-refractivity contribution in [1.82, 2.24) is 0 Å². The number of thiophene rings is 1. The first-order valence-electron chi connectivity index (χ1n) is 5.43. The van der Waals surface area contributed by atoms with E-state index in [4.69, 9.17) is 17.3 Å². The van der Waals surface area contributed by atoms with Crippen LogP contribution in [0.15, 0.2) is 40.6 Å². The average Bonchev–Trinajstić information content (AvgIpc) is 2.76. The Balaban J connectivity index is 2.20. The molecule has 0 aliphatic carbocycles. The minimum absolute atomic E-state index is 0.122. The summed E-state index contributed by atoms with van der Waals surface area (Å²) in [4.78, 5) is 2.31. The molecule has 1 heterocycles. The molecular weight excluding hydrogens is 270 g/mol. The van der Waals surface area contributed by atoms with Gasteiger partial charge < -0.3 is 5.73 Å². The first-order valence-corrected chi connectivity index (χ1v) is 7.68. The average molecular weight is 284 g/mol. The Labute approximate surface area is 115 Å². The molecule has 0 aliphatic rings. The van der Waals surface area contributed by atoms with E-state index in [-0.39, 0.29) is 6.04 Å². The molecule has 0 amide bonds. The number of hydrogen-bond acceptors (Lipinski definition) is 3. The molecule has 0 saturated heterocycles. The van der Waals surface area contributed by atoms with Gasteiger partial charge in [-0.15, -0.1) is 23.1 Å². The second-order valence-corrected chi connectivity index (χ2v) is 6.30. The Hall–Kier alpha value is -0.480. The lowest BCUT2D eigenvalue weighted by Crippen LogP contribution is -2.10. The van der Waals surface area contributed by atoms with Crippen molar-refractivity contribution in [3.8, 4) is 0 Å². The Bertz CT molecular complexity index is 478. The molecule has 1 atom stereocenters. The van der Waals surface area contributed by atoms with E-state index in [1.165, 1.54) is 4.90 Å². The molecule has 0 saturated carbocycles. The summed E-state index contributed by atoms with van der Waals surface area (Å²) in [5, 5.41) is 2.73. The summed E-state index contributed by atoms with van der Waals surface area (Å²) in [6, 6.07) is 10.2. The Morgan fingerprint density at radius 3 is 2.53 bits per heavy atom. The largest absolute Gasteiger partial charge is 0.320 e. The third-order valence-corrected chi connectivity index (χ3v) is 4.81. The highest BCUT2D eigenvalue weighted by Gasteiger charge is 2.13. The van der Waals surface area contributed by atoms with Crippen molar-refractivity contribution in [1.29, 1.82) is 0 Å². The lowest BCUT2D eigenvalue weighted by Gasteiger charge is -2.11. The van der Waals surface area contributed by atoms with Crippen LogP contribution in [0.25, 0.3) is 0 Å². The van der Waals surface area contributed by atoms with Gasteiger partial charge in [-0.1, -0.05) is 30.7 Å². The van der Waals surface area contributed by atoms with Crippen LogP contribution in [0.4, 0.5) is 0 Å². The second-order valence-electron chi connectivity index (χ2n) is 3.61. The number of rotatable bonds is 4. The summed E-state index contributed by atoms with van der Waals surface area (Å²) in [6.07, 6.45) is 0. The molecule has 1 unspecified atom stereocenters. The molecule has 17 heavy (non-hydrogen) atoms. The zero-order chi connectivity index (χ0) is 12.3. The van der Waals surface area contributed by atoms with Gasteiger partial charge in [0.1, 0.15) is 0 Å². The van der Waals surface area contributed by atoms with E-state index in [1.807, 2.05) is 23.2 Å². The molecule has 90 valence electrons. The van der Waals surface area contributed by atoms with E-state index < -0.39 is 0 Å². The number of thioether (sulfide) groups is 1. The second kappa shape index (κ2) is 5.91. The highest BCUT2D eigenvalue weighted by Crippen LogP contribution is 2.31. The summed E-state index contributed by atoms with van der Waals surface area (Å²) in [5.41, 5.74) is 7.31. The highest BCUT2D eigenvalue weighted by atomic mass is 35.5. The maximum absolute atomic E-state index is 6.20. The maximum Gasteiger partial charge on any atom is 0.0661 e. The van der Waals surface area contributed by atoms with E-state index in [0.29, 0.717) is 0 Å². The molecule has 1 nitrogen and oxygen atoms in total. The van der Waals surface area contributed by atoms with Crippen LogP contribution in [0.3, 0.4) is 0 Å². The van der Waals surface area contributed by atoms with Crippen molar-refractivity contribution < 1.29 is 0 Å². The summed E-state index contributed by atoms with van der Waals surface area (Å²) < 4.78 is 0. The van der Waals surface area contributed by atoms with Gasteiger partial charge in [0.25, 0.3) is 0 Å². The summed E-state index contributed by atoms with van der Waals surface area (Å²) >= 11 is 9.53.